The first-order valence-corrected chi connectivity index (χ1v) is 11.6. The summed E-state index contributed by atoms with van der Waals surface area (Å²) in [6.45, 7) is 2.60. The van der Waals surface area contributed by atoms with Crippen LogP contribution >= 0.6 is 0 Å². The molecule has 0 saturated carbocycles. The van der Waals surface area contributed by atoms with E-state index in [0.717, 1.165) is 16.7 Å². The third-order valence-electron chi connectivity index (χ3n) is 5.89. The van der Waals surface area contributed by atoms with Crippen molar-refractivity contribution < 1.29 is 18.8 Å². The first-order valence-electron chi connectivity index (χ1n) is 11.6. The van der Waals surface area contributed by atoms with Crippen molar-refractivity contribution in [1.29, 1.82) is 0 Å². The zero-order valence-corrected chi connectivity index (χ0v) is 20.6. The molecule has 9 heteroatoms. The third kappa shape index (κ3) is 5.20. The first kappa shape index (κ1) is 23.8. The molecule has 9 nitrogen and oxygen atoms in total. The molecule has 0 bridgehead atoms. The molecule has 2 aromatic heterocycles. The molecule has 0 unspecified atom stereocenters. The number of ether oxygens (including phenoxy) is 2. The Balaban J connectivity index is 1.24. The minimum absolute atomic E-state index is 0.267. The number of amides is 1. The Morgan fingerprint density at radius 1 is 1.03 bits per heavy atom. The second-order valence-electron chi connectivity index (χ2n) is 8.39. The monoisotopic (exact) mass is 495 g/mol. The molecule has 0 aliphatic carbocycles. The lowest BCUT2D eigenvalue weighted by Gasteiger charge is -2.11. The minimum Gasteiger partial charge on any atom is -0.497 e. The predicted molar refractivity (Wildman–Crippen MR) is 139 cm³/mol. The van der Waals surface area contributed by atoms with Crippen molar-refractivity contribution in [2.45, 2.75) is 13.5 Å². The minimum atomic E-state index is -0.267. The summed E-state index contributed by atoms with van der Waals surface area (Å²) in [7, 11) is 3.08. The average Bonchev–Trinajstić information content (AvgIpc) is 3.59. The van der Waals surface area contributed by atoms with Crippen molar-refractivity contribution in [1.82, 2.24) is 19.7 Å². The molecule has 1 N–H and O–H groups in total. The highest BCUT2D eigenvalue weighted by Crippen LogP contribution is 2.26. The number of carbonyl (C=O) groups is 1. The van der Waals surface area contributed by atoms with Gasteiger partial charge in [-0.3, -0.25) is 4.79 Å². The fourth-order valence-corrected chi connectivity index (χ4v) is 3.91. The standard InChI is InChI=1S/C28H25N5O4/c1-18-6-4-5-7-22(18)26-31-28(37-32-26)24-16-33(17-29-24)15-19-8-10-20(11-9-19)30-27(34)23-13-12-21(35-2)14-25(23)36-3/h4-14,16-17H,15H2,1-3H3,(H,30,34). The van der Waals surface area contributed by atoms with E-state index in [1.807, 2.05) is 66.2 Å². The van der Waals surface area contributed by atoms with Gasteiger partial charge in [-0.2, -0.15) is 4.98 Å². The van der Waals surface area contributed by atoms with Crippen LogP contribution in [-0.2, 0) is 6.54 Å². The zero-order chi connectivity index (χ0) is 25.8. The Hall–Kier alpha value is -4.92. The molecule has 1 amide bonds. The molecule has 0 aliphatic rings. The number of aromatic nitrogens is 4. The van der Waals surface area contributed by atoms with Crippen LogP contribution in [0.1, 0.15) is 21.5 Å². The van der Waals surface area contributed by atoms with Crippen LogP contribution < -0.4 is 14.8 Å². The highest BCUT2D eigenvalue weighted by atomic mass is 16.5. The van der Waals surface area contributed by atoms with Gasteiger partial charge in [0.15, 0.2) is 0 Å². The summed E-state index contributed by atoms with van der Waals surface area (Å²) in [6, 6.07) is 20.6. The topological polar surface area (TPSA) is 104 Å². The molecule has 186 valence electrons. The normalized spacial score (nSPS) is 10.8. The number of aryl methyl sites for hydroxylation is 1. The molecule has 5 rings (SSSR count). The molecule has 5 aromatic rings. The van der Waals surface area contributed by atoms with E-state index in [0.29, 0.717) is 46.7 Å². The van der Waals surface area contributed by atoms with Crippen LogP contribution in [0.2, 0.25) is 0 Å². The predicted octanol–water partition coefficient (Wildman–Crippen LogP) is 5.23. The lowest BCUT2D eigenvalue weighted by atomic mass is 10.1. The van der Waals surface area contributed by atoms with Crippen LogP contribution in [0.5, 0.6) is 11.5 Å². The lowest BCUT2D eigenvalue weighted by molar-refractivity contribution is 0.102. The van der Waals surface area contributed by atoms with E-state index in [1.54, 1.807) is 31.6 Å². The van der Waals surface area contributed by atoms with Gasteiger partial charge in [-0.15, -0.1) is 0 Å². The second-order valence-corrected chi connectivity index (χ2v) is 8.39. The van der Waals surface area contributed by atoms with Gasteiger partial charge in [-0.25, -0.2) is 4.98 Å². The zero-order valence-electron chi connectivity index (χ0n) is 20.6. The van der Waals surface area contributed by atoms with Crippen molar-refractivity contribution in [2.24, 2.45) is 0 Å². The molecular weight excluding hydrogens is 470 g/mol. The molecule has 2 heterocycles. The summed E-state index contributed by atoms with van der Waals surface area (Å²) < 4.78 is 17.9. The quantitative estimate of drug-likeness (QED) is 0.314. The number of hydrogen-bond acceptors (Lipinski definition) is 7. The number of carbonyl (C=O) groups excluding carboxylic acids is 1. The summed E-state index contributed by atoms with van der Waals surface area (Å²) in [5, 5.41) is 7.01. The van der Waals surface area contributed by atoms with Crippen LogP contribution in [0.25, 0.3) is 23.0 Å². The molecule has 0 saturated heterocycles. The maximum Gasteiger partial charge on any atom is 0.278 e. The van der Waals surface area contributed by atoms with Gasteiger partial charge in [0.05, 0.1) is 26.1 Å². The van der Waals surface area contributed by atoms with E-state index >= 15 is 0 Å². The second kappa shape index (κ2) is 10.4. The Morgan fingerprint density at radius 3 is 2.59 bits per heavy atom. The van der Waals surface area contributed by atoms with Gasteiger partial charge in [0, 0.05) is 30.1 Å². The van der Waals surface area contributed by atoms with E-state index in [1.165, 1.54) is 7.11 Å². The van der Waals surface area contributed by atoms with E-state index in [4.69, 9.17) is 14.0 Å². The van der Waals surface area contributed by atoms with Crippen molar-refractivity contribution in [3.63, 3.8) is 0 Å². The van der Waals surface area contributed by atoms with Crippen LogP contribution in [0.15, 0.2) is 83.8 Å². The Bertz CT molecular complexity index is 1540. The van der Waals surface area contributed by atoms with Crippen LogP contribution in [-0.4, -0.2) is 39.8 Å². The largest absolute Gasteiger partial charge is 0.497 e. The molecule has 0 fully saturated rings. The molecule has 0 radical (unpaired) electrons. The third-order valence-corrected chi connectivity index (χ3v) is 5.89. The molecule has 37 heavy (non-hydrogen) atoms. The highest BCUT2D eigenvalue weighted by molar-refractivity contribution is 6.06. The van der Waals surface area contributed by atoms with Gasteiger partial charge in [-0.05, 0) is 42.3 Å². The number of anilines is 1. The summed E-state index contributed by atoms with van der Waals surface area (Å²) >= 11 is 0. The number of benzene rings is 3. The summed E-state index contributed by atoms with van der Waals surface area (Å²) in [6.07, 6.45) is 3.58. The summed E-state index contributed by atoms with van der Waals surface area (Å²) in [4.78, 5) is 21.7. The Morgan fingerprint density at radius 2 is 1.84 bits per heavy atom. The van der Waals surface area contributed by atoms with Crippen molar-refractivity contribution >= 4 is 11.6 Å². The molecule has 0 atom stereocenters. The fourth-order valence-electron chi connectivity index (χ4n) is 3.91. The van der Waals surface area contributed by atoms with E-state index in [9.17, 15) is 4.79 Å². The first-order chi connectivity index (χ1) is 18.0. The average molecular weight is 496 g/mol. The molecule has 0 aliphatic heterocycles. The molecule has 0 spiro atoms. The van der Waals surface area contributed by atoms with Crippen LogP contribution in [0.3, 0.4) is 0 Å². The fraction of sp³-hybridized carbons (Fsp3) is 0.143. The van der Waals surface area contributed by atoms with Crippen LogP contribution in [0, 0.1) is 6.92 Å². The summed E-state index contributed by atoms with van der Waals surface area (Å²) in [5.74, 6) is 1.69. The van der Waals surface area contributed by atoms with Crippen molar-refractivity contribution in [2.75, 3.05) is 19.5 Å². The van der Waals surface area contributed by atoms with Gasteiger partial charge in [0.25, 0.3) is 11.8 Å². The molecular formula is C28H25N5O4. The molecule has 3 aromatic carbocycles. The Labute approximate surface area is 213 Å². The van der Waals surface area contributed by atoms with E-state index in [-0.39, 0.29) is 5.91 Å². The maximum atomic E-state index is 12.8. The van der Waals surface area contributed by atoms with Gasteiger partial charge in [0.2, 0.25) is 5.82 Å². The van der Waals surface area contributed by atoms with Gasteiger partial charge in [-0.1, -0.05) is 41.6 Å². The van der Waals surface area contributed by atoms with E-state index < -0.39 is 0 Å². The number of imidazole rings is 1. The van der Waals surface area contributed by atoms with E-state index in [2.05, 4.69) is 20.4 Å². The van der Waals surface area contributed by atoms with Gasteiger partial charge >= 0.3 is 0 Å². The number of nitrogens with one attached hydrogen (secondary N) is 1. The number of hydrogen-bond donors (Lipinski definition) is 1. The van der Waals surface area contributed by atoms with Crippen LogP contribution in [0.4, 0.5) is 5.69 Å². The highest BCUT2D eigenvalue weighted by Gasteiger charge is 2.15. The smallest absolute Gasteiger partial charge is 0.278 e. The SMILES string of the molecule is COc1ccc(C(=O)Nc2ccc(Cn3cnc(-c4nc(-c5ccccc5C)no4)c3)cc2)c(OC)c1. The maximum absolute atomic E-state index is 12.8. The van der Waals surface area contributed by atoms with Crippen molar-refractivity contribution in [3.8, 4) is 34.5 Å². The number of nitrogens with zero attached hydrogens (tertiary/aromatic N) is 4. The number of rotatable bonds is 8. The number of methoxy groups -OCH3 is 2. The van der Waals surface area contributed by atoms with Crippen molar-refractivity contribution in [3.05, 3.63) is 95.9 Å². The summed E-state index contributed by atoms with van der Waals surface area (Å²) in [5.41, 5.74) is 4.73. The van der Waals surface area contributed by atoms with Gasteiger partial charge in [0.1, 0.15) is 17.2 Å². The van der Waals surface area contributed by atoms with Gasteiger partial charge < -0.3 is 23.9 Å². The lowest BCUT2D eigenvalue weighted by Crippen LogP contribution is -2.13. The Kier molecular flexibility index (Phi) is 6.67.